The molecule has 6 nitrogen and oxygen atoms in total. The zero-order valence-electron chi connectivity index (χ0n) is 14.8. The summed E-state index contributed by atoms with van der Waals surface area (Å²) in [5.41, 5.74) is -0.200. The first kappa shape index (κ1) is 19.9. The Kier molecular flexibility index (Phi) is 6.48. The van der Waals surface area contributed by atoms with E-state index in [2.05, 4.69) is 10.1 Å². The van der Waals surface area contributed by atoms with E-state index in [9.17, 15) is 18.4 Å². The molecule has 0 aliphatic carbocycles. The highest BCUT2D eigenvalue weighted by Gasteiger charge is 2.17. The van der Waals surface area contributed by atoms with Crippen LogP contribution in [0.4, 0.5) is 14.5 Å². The van der Waals surface area contributed by atoms with Crippen LogP contribution in [0.15, 0.2) is 36.4 Å². The topological polar surface area (TPSA) is 73.9 Å². The number of amides is 1. The molecule has 27 heavy (non-hydrogen) atoms. The highest BCUT2D eigenvalue weighted by molar-refractivity contribution is 6.02. The lowest BCUT2D eigenvalue weighted by Gasteiger charge is -2.08. The molecule has 0 aliphatic heterocycles. The average molecular weight is 377 g/mol. The van der Waals surface area contributed by atoms with Crippen molar-refractivity contribution in [3.63, 3.8) is 0 Å². The number of anilines is 1. The van der Waals surface area contributed by atoms with Crippen LogP contribution >= 0.6 is 0 Å². The van der Waals surface area contributed by atoms with Gasteiger partial charge < -0.3 is 19.5 Å². The van der Waals surface area contributed by atoms with Gasteiger partial charge in [0.05, 0.1) is 32.6 Å². The summed E-state index contributed by atoms with van der Waals surface area (Å²) in [6.45, 7) is 0. The number of ether oxygens (including phenoxy) is 3. The minimum absolute atomic E-state index is 0.348. The van der Waals surface area contributed by atoms with Crippen LogP contribution in [0.2, 0.25) is 0 Å². The molecule has 0 atom stereocenters. The van der Waals surface area contributed by atoms with Gasteiger partial charge in [-0.3, -0.25) is 4.79 Å². The van der Waals surface area contributed by atoms with Gasteiger partial charge in [-0.2, -0.15) is 0 Å². The van der Waals surface area contributed by atoms with Gasteiger partial charge in [0.15, 0.2) is 11.5 Å². The standard InChI is InChI=1S/C19H17F2NO5/c1-25-16-6-4-11(8-17(16)26-2)5-7-18(23)22-15-9-12(19(24)27-3)13(20)10-14(15)21/h4-10H,1-3H3,(H,22,23)/b7-5+. The number of halogens is 2. The molecular formula is C19H17F2NO5. The van der Waals surface area contributed by atoms with E-state index in [0.717, 1.165) is 19.3 Å². The summed E-state index contributed by atoms with van der Waals surface area (Å²) in [5, 5.41) is 2.25. The quantitative estimate of drug-likeness (QED) is 0.617. The van der Waals surface area contributed by atoms with Crippen molar-refractivity contribution >= 4 is 23.6 Å². The summed E-state index contributed by atoms with van der Waals surface area (Å²) >= 11 is 0. The van der Waals surface area contributed by atoms with Crippen LogP contribution in [0.1, 0.15) is 15.9 Å². The highest BCUT2D eigenvalue weighted by Crippen LogP contribution is 2.28. The lowest BCUT2D eigenvalue weighted by atomic mass is 10.1. The monoisotopic (exact) mass is 377 g/mol. The molecule has 0 aliphatic rings. The molecule has 0 bridgehead atoms. The minimum Gasteiger partial charge on any atom is -0.493 e. The van der Waals surface area contributed by atoms with Crippen LogP contribution in [-0.4, -0.2) is 33.2 Å². The fraction of sp³-hybridized carbons (Fsp3) is 0.158. The van der Waals surface area contributed by atoms with Gasteiger partial charge >= 0.3 is 5.97 Å². The van der Waals surface area contributed by atoms with Crippen molar-refractivity contribution < 1.29 is 32.6 Å². The van der Waals surface area contributed by atoms with E-state index >= 15 is 0 Å². The van der Waals surface area contributed by atoms with E-state index in [-0.39, 0.29) is 5.69 Å². The third kappa shape index (κ3) is 4.81. The van der Waals surface area contributed by atoms with Gasteiger partial charge in [-0.15, -0.1) is 0 Å². The van der Waals surface area contributed by atoms with Gasteiger partial charge in [-0.25, -0.2) is 13.6 Å². The van der Waals surface area contributed by atoms with Gasteiger partial charge in [-0.05, 0) is 29.8 Å². The Morgan fingerprint density at radius 3 is 2.30 bits per heavy atom. The molecule has 0 fully saturated rings. The first-order chi connectivity index (χ1) is 12.9. The number of rotatable bonds is 6. The molecule has 0 unspecified atom stereocenters. The maximum atomic E-state index is 13.8. The van der Waals surface area contributed by atoms with E-state index < -0.39 is 29.1 Å². The van der Waals surface area contributed by atoms with Crippen LogP contribution in [0.3, 0.4) is 0 Å². The SMILES string of the molecule is COC(=O)c1cc(NC(=O)/C=C/c2ccc(OC)c(OC)c2)c(F)cc1F. The molecule has 2 rings (SSSR count). The normalized spacial score (nSPS) is 10.6. The maximum Gasteiger partial charge on any atom is 0.340 e. The van der Waals surface area contributed by atoms with Crippen molar-refractivity contribution in [1.82, 2.24) is 0 Å². The fourth-order valence-electron chi connectivity index (χ4n) is 2.21. The third-order valence-electron chi connectivity index (χ3n) is 3.55. The Morgan fingerprint density at radius 2 is 1.67 bits per heavy atom. The van der Waals surface area contributed by atoms with Crippen LogP contribution in [0, 0.1) is 11.6 Å². The lowest BCUT2D eigenvalue weighted by Crippen LogP contribution is -2.12. The molecule has 142 valence electrons. The Hall–Kier alpha value is -3.42. The van der Waals surface area contributed by atoms with E-state index in [4.69, 9.17) is 9.47 Å². The zero-order chi connectivity index (χ0) is 20.0. The molecule has 2 aromatic carbocycles. The molecule has 2 aromatic rings. The lowest BCUT2D eigenvalue weighted by molar-refractivity contribution is -0.111. The third-order valence-corrected chi connectivity index (χ3v) is 3.55. The van der Waals surface area contributed by atoms with Crippen LogP contribution in [0.5, 0.6) is 11.5 Å². The molecule has 0 heterocycles. The highest BCUT2D eigenvalue weighted by atomic mass is 19.1. The summed E-state index contributed by atoms with van der Waals surface area (Å²) in [6, 6.07) is 6.38. The molecule has 0 aromatic heterocycles. The summed E-state index contributed by atoms with van der Waals surface area (Å²) < 4.78 is 42.2. The van der Waals surface area contributed by atoms with E-state index in [1.54, 1.807) is 18.2 Å². The van der Waals surface area contributed by atoms with Crippen LogP contribution in [0.25, 0.3) is 6.08 Å². The number of benzene rings is 2. The first-order valence-electron chi connectivity index (χ1n) is 7.68. The summed E-state index contributed by atoms with van der Waals surface area (Å²) in [4.78, 5) is 23.5. The summed E-state index contributed by atoms with van der Waals surface area (Å²) in [7, 11) is 4.05. The largest absolute Gasteiger partial charge is 0.493 e. The maximum absolute atomic E-state index is 13.8. The minimum atomic E-state index is -1.08. The first-order valence-corrected chi connectivity index (χ1v) is 7.68. The molecule has 0 spiro atoms. The van der Waals surface area contributed by atoms with E-state index in [1.807, 2.05) is 0 Å². The summed E-state index contributed by atoms with van der Waals surface area (Å²) in [6.07, 6.45) is 2.63. The molecule has 0 saturated carbocycles. The molecular weight excluding hydrogens is 360 g/mol. The number of hydrogen-bond donors (Lipinski definition) is 1. The Bertz CT molecular complexity index is 896. The van der Waals surface area contributed by atoms with Gasteiger partial charge in [0.25, 0.3) is 0 Å². The number of carbonyl (C=O) groups excluding carboxylic acids is 2. The Labute approximate surface area is 154 Å². The second-order valence-electron chi connectivity index (χ2n) is 5.24. The number of hydrogen-bond acceptors (Lipinski definition) is 5. The van der Waals surface area contributed by atoms with Crippen molar-refractivity contribution in [2.24, 2.45) is 0 Å². The van der Waals surface area contributed by atoms with Crippen molar-refractivity contribution in [3.05, 3.63) is 59.2 Å². The number of carbonyl (C=O) groups is 2. The predicted octanol–water partition coefficient (Wildman–Crippen LogP) is 3.42. The van der Waals surface area contributed by atoms with Crippen molar-refractivity contribution in [2.45, 2.75) is 0 Å². The number of nitrogens with one attached hydrogen (secondary N) is 1. The van der Waals surface area contributed by atoms with Gasteiger partial charge in [0.2, 0.25) is 5.91 Å². The molecule has 1 amide bonds. The van der Waals surface area contributed by atoms with Gasteiger partial charge in [-0.1, -0.05) is 6.07 Å². The van der Waals surface area contributed by atoms with Crippen LogP contribution in [-0.2, 0) is 9.53 Å². The second-order valence-corrected chi connectivity index (χ2v) is 5.24. The van der Waals surface area contributed by atoms with Crippen molar-refractivity contribution in [2.75, 3.05) is 26.6 Å². The average Bonchev–Trinajstić information content (AvgIpc) is 2.67. The summed E-state index contributed by atoms with van der Waals surface area (Å²) in [5.74, 6) is -2.75. The van der Waals surface area contributed by atoms with Crippen molar-refractivity contribution in [3.8, 4) is 11.5 Å². The molecule has 0 saturated heterocycles. The predicted molar refractivity (Wildman–Crippen MR) is 94.9 cm³/mol. The zero-order valence-corrected chi connectivity index (χ0v) is 14.8. The van der Waals surface area contributed by atoms with Crippen LogP contribution < -0.4 is 14.8 Å². The smallest absolute Gasteiger partial charge is 0.340 e. The Balaban J connectivity index is 2.18. The van der Waals surface area contributed by atoms with Gasteiger partial charge in [0, 0.05) is 12.1 Å². The van der Waals surface area contributed by atoms with Gasteiger partial charge in [0.1, 0.15) is 11.6 Å². The fourth-order valence-corrected chi connectivity index (χ4v) is 2.21. The molecule has 0 radical (unpaired) electrons. The molecule has 1 N–H and O–H groups in total. The van der Waals surface area contributed by atoms with E-state index in [1.165, 1.54) is 20.3 Å². The van der Waals surface area contributed by atoms with Crippen molar-refractivity contribution in [1.29, 1.82) is 0 Å². The number of methoxy groups -OCH3 is 3. The number of esters is 1. The Morgan fingerprint density at radius 1 is 0.963 bits per heavy atom. The molecule has 8 heteroatoms. The second kappa shape index (κ2) is 8.79. The van der Waals surface area contributed by atoms with E-state index in [0.29, 0.717) is 23.1 Å².